The molecule has 6 heteroatoms. The van der Waals surface area contributed by atoms with Crippen molar-refractivity contribution in [3.05, 3.63) is 54.1 Å². The van der Waals surface area contributed by atoms with Crippen molar-refractivity contribution in [1.29, 1.82) is 0 Å². The summed E-state index contributed by atoms with van der Waals surface area (Å²) < 4.78 is 6.20. The van der Waals surface area contributed by atoms with Crippen LogP contribution in [-0.2, 0) is 4.79 Å². The Kier molecular flexibility index (Phi) is 3.31. The van der Waals surface area contributed by atoms with Crippen molar-refractivity contribution in [2.75, 3.05) is 12.1 Å². The number of fused-ring (bicyclic) bond motifs is 1. The van der Waals surface area contributed by atoms with E-state index in [2.05, 4.69) is 10.1 Å². The van der Waals surface area contributed by atoms with Crippen molar-refractivity contribution in [3.63, 3.8) is 0 Å². The van der Waals surface area contributed by atoms with Gasteiger partial charge in [0.1, 0.15) is 5.75 Å². The largest absolute Gasteiger partial charge is 0.497 e. The Hall–Kier alpha value is -2.73. The van der Waals surface area contributed by atoms with E-state index < -0.39 is 0 Å². The number of benzene rings is 2. The molecule has 3 aromatic rings. The van der Waals surface area contributed by atoms with Crippen molar-refractivity contribution in [3.8, 4) is 5.75 Å². The van der Waals surface area contributed by atoms with Gasteiger partial charge in [0, 0.05) is 0 Å². The summed E-state index contributed by atoms with van der Waals surface area (Å²) in [6.45, 7) is 0. The number of para-hydroxylation sites is 1. The molecule has 0 N–H and O–H groups in total. The summed E-state index contributed by atoms with van der Waals surface area (Å²) in [4.78, 5) is 16.8. The Labute approximate surface area is 136 Å². The molecule has 4 rings (SSSR count). The van der Waals surface area contributed by atoms with Crippen LogP contribution in [0.5, 0.6) is 5.75 Å². The molecule has 0 fully saturated rings. The van der Waals surface area contributed by atoms with Crippen molar-refractivity contribution in [2.24, 2.45) is 5.10 Å². The molecule has 0 unspecified atom stereocenters. The maximum Gasteiger partial charge on any atom is 0.255 e. The number of aromatic nitrogens is 1. The number of thiazole rings is 1. The number of anilines is 1. The van der Waals surface area contributed by atoms with Crippen LogP contribution < -0.4 is 9.75 Å². The van der Waals surface area contributed by atoms with E-state index in [0.29, 0.717) is 5.13 Å². The third kappa shape index (κ3) is 2.47. The van der Waals surface area contributed by atoms with Crippen LogP contribution >= 0.6 is 11.3 Å². The predicted octanol–water partition coefficient (Wildman–Crippen LogP) is 3.45. The fourth-order valence-corrected chi connectivity index (χ4v) is 3.41. The van der Waals surface area contributed by atoms with Gasteiger partial charge in [0.15, 0.2) is 0 Å². The Balaban J connectivity index is 1.68. The summed E-state index contributed by atoms with van der Waals surface area (Å²) >= 11 is 1.47. The SMILES string of the molecule is COc1ccc(C2=NN(c3nc4ccccc4s3)C(=O)C2)cc1. The second-order valence-corrected chi connectivity index (χ2v) is 6.13. The number of amides is 1. The zero-order valence-electron chi connectivity index (χ0n) is 12.4. The molecule has 1 aliphatic heterocycles. The fourth-order valence-electron chi connectivity index (χ4n) is 2.47. The summed E-state index contributed by atoms with van der Waals surface area (Å²) in [5.74, 6) is 0.719. The molecule has 1 aromatic heterocycles. The Morgan fingerprint density at radius 1 is 1.13 bits per heavy atom. The van der Waals surface area contributed by atoms with Gasteiger partial charge in [0.2, 0.25) is 5.13 Å². The molecule has 0 atom stereocenters. The van der Waals surface area contributed by atoms with Gasteiger partial charge >= 0.3 is 0 Å². The zero-order chi connectivity index (χ0) is 15.8. The highest BCUT2D eigenvalue weighted by Gasteiger charge is 2.28. The van der Waals surface area contributed by atoms with Crippen molar-refractivity contribution in [2.45, 2.75) is 6.42 Å². The van der Waals surface area contributed by atoms with Crippen LogP contribution in [0.25, 0.3) is 10.2 Å². The third-order valence-corrected chi connectivity index (χ3v) is 4.67. The first-order chi connectivity index (χ1) is 11.2. The van der Waals surface area contributed by atoms with E-state index >= 15 is 0 Å². The van der Waals surface area contributed by atoms with Crippen LogP contribution in [0.15, 0.2) is 53.6 Å². The van der Waals surface area contributed by atoms with Crippen LogP contribution in [0.3, 0.4) is 0 Å². The molecule has 0 radical (unpaired) electrons. The van der Waals surface area contributed by atoms with Gasteiger partial charge in [-0.2, -0.15) is 10.1 Å². The lowest BCUT2D eigenvalue weighted by atomic mass is 10.1. The smallest absolute Gasteiger partial charge is 0.255 e. The van der Waals surface area contributed by atoms with E-state index in [0.717, 1.165) is 27.2 Å². The van der Waals surface area contributed by atoms with Gasteiger partial charge in [-0.1, -0.05) is 23.5 Å². The molecule has 114 valence electrons. The monoisotopic (exact) mass is 323 g/mol. The first-order valence-corrected chi connectivity index (χ1v) is 7.97. The number of methoxy groups -OCH3 is 1. The maximum absolute atomic E-state index is 12.3. The molecular weight excluding hydrogens is 310 g/mol. The number of carbonyl (C=O) groups is 1. The van der Waals surface area contributed by atoms with Gasteiger partial charge in [-0.15, -0.1) is 0 Å². The second kappa shape index (κ2) is 5.48. The fraction of sp³-hybridized carbons (Fsp3) is 0.118. The minimum atomic E-state index is -0.0603. The quantitative estimate of drug-likeness (QED) is 0.742. The highest BCUT2D eigenvalue weighted by atomic mass is 32.1. The van der Waals surface area contributed by atoms with Crippen LogP contribution in [0.1, 0.15) is 12.0 Å². The molecule has 5 nitrogen and oxygen atoms in total. The Morgan fingerprint density at radius 3 is 2.65 bits per heavy atom. The molecule has 1 aliphatic rings. The topological polar surface area (TPSA) is 54.8 Å². The lowest BCUT2D eigenvalue weighted by Crippen LogP contribution is -2.19. The first-order valence-electron chi connectivity index (χ1n) is 7.15. The van der Waals surface area contributed by atoms with Gasteiger partial charge in [-0.25, -0.2) is 4.98 Å². The summed E-state index contributed by atoms with van der Waals surface area (Å²) in [6, 6.07) is 15.4. The van der Waals surface area contributed by atoms with E-state index in [1.165, 1.54) is 16.3 Å². The van der Waals surface area contributed by atoms with Gasteiger partial charge in [-0.3, -0.25) is 4.79 Å². The van der Waals surface area contributed by atoms with Gasteiger partial charge in [0.05, 0.1) is 29.5 Å². The van der Waals surface area contributed by atoms with E-state index in [9.17, 15) is 4.79 Å². The molecule has 0 aliphatic carbocycles. The number of ether oxygens (including phenoxy) is 1. The molecule has 0 bridgehead atoms. The molecule has 1 amide bonds. The van der Waals surface area contributed by atoms with E-state index in [1.54, 1.807) is 7.11 Å². The molecule has 0 spiro atoms. The summed E-state index contributed by atoms with van der Waals surface area (Å²) in [5, 5.41) is 6.49. The number of hydrogen-bond donors (Lipinski definition) is 0. The van der Waals surface area contributed by atoms with E-state index in [-0.39, 0.29) is 12.3 Å². The molecule has 0 saturated carbocycles. The van der Waals surface area contributed by atoms with Crippen molar-refractivity contribution in [1.82, 2.24) is 4.98 Å². The number of nitrogens with zero attached hydrogens (tertiary/aromatic N) is 3. The number of rotatable bonds is 3. The molecule has 0 saturated heterocycles. The van der Waals surface area contributed by atoms with Crippen molar-refractivity contribution < 1.29 is 9.53 Å². The standard InChI is InChI=1S/C17H13N3O2S/c1-22-12-8-6-11(7-9-12)14-10-16(21)20(19-14)17-18-13-4-2-3-5-15(13)23-17/h2-9H,10H2,1H3. The zero-order valence-corrected chi connectivity index (χ0v) is 13.2. The predicted molar refractivity (Wildman–Crippen MR) is 91.3 cm³/mol. The van der Waals surface area contributed by atoms with Crippen LogP contribution in [0, 0.1) is 0 Å². The van der Waals surface area contributed by atoms with Crippen LogP contribution in [0.4, 0.5) is 5.13 Å². The Bertz CT molecular complexity index is 882. The second-order valence-electron chi connectivity index (χ2n) is 5.12. The van der Waals surface area contributed by atoms with Gasteiger partial charge in [-0.05, 0) is 42.0 Å². The lowest BCUT2D eigenvalue weighted by Gasteiger charge is -2.05. The summed E-state index contributed by atoms with van der Waals surface area (Å²) in [5.41, 5.74) is 2.55. The maximum atomic E-state index is 12.3. The molecule has 2 heterocycles. The van der Waals surface area contributed by atoms with Crippen molar-refractivity contribution >= 4 is 38.3 Å². The van der Waals surface area contributed by atoms with Gasteiger partial charge in [0.25, 0.3) is 5.91 Å². The molecule has 2 aromatic carbocycles. The molecule has 23 heavy (non-hydrogen) atoms. The van der Waals surface area contributed by atoms with Gasteiger partial charge < -0.3 is 4.74 Å². The minimum absolute atomic E-state index is 0.0603. The summed E-state index contributed by atoms with van der Waals surface area (Å²) in [6.07, 6.45) is 0.280. The van der Waals surface area contributed by atoms with Crippen LogP contribution in [0.2, 0.25) is 0 Å². The van der Waals surface area contributed by atoms with E-state index in [1.807, 2.05) is 48.5 Å². The average molecular weight is 323 g/mol. The molecular formula is C17H13N3O2S. The normalized spacial score (nSPS) is 14.4. The highest BCUT2D eigenvalue weighted by molar-refractivity contribution is 7.22. The number of hydrazone groups is 1. The number of hydrogen-bond acceptors (Lipinski definition) is 5. The Morgan fingerprint density at radius 2 is 1.91 bits per heavy atom. The lowest BCUT2D eigenvalue weighted by molar-refractivity contribution is -0.116. The van der Waals surface area contributed by atoms with Crippen LogP contribution in [-0.4, -0.2) is 23.7 Å². The van der Waals surface area contributed by atoms with E-state index in [4.69, 9.17) is 4.74 Å². The average Bonchev–Trinajstić information content (AvgIpc) is 3.18. The minimum Gasteiger partial charge on any atom is -0.497 e. The first kappa shape index (κ1) is 13.9. The number of carbonyl (C=O) groups excluding carboxylic acids is 1. The summed E-state index contributed by atoms with van der Waals surface area (Å²) in [7, 11) is 1.63. The highest BCUT2D eigenvalue weighted by Crippen LogP contribution is 2.31. The third-order valence-electron chi connectivity index (χ3n) is 3.66.